The average Bonchev–Trinajstić information content (AvgIpc) is 3.01. The Morgan fingerprint density at radius 2 is 1.70 bits per heavy atom. The van der Waals surface area contributed by atoms with Gasteiger partial charge in [0.25, 0.3) is 0 Å². The predicted molar refractivity (Wildman–Crippen MR) is 108 cm³/mol. The lowest BCUT2D eigenvalue weighted by atomic mass is 9.77. The molecule has 30 heavy (non-hydrogen) atoms. The Kier molecular flexibility index (Phi) is 6.11. The van der Waals surface area contributed by atoms with Gasteiger partial charge in [0.1, 0.15) is 5.78 Å². The van der Waals surface area contributed by atoms with E-state index in [0.717, 1.165) is 25.7 Å². The molecule has 0 spiro atoms. The number of hydrogen-bond donors (Lipinski definition) is 1. The van der Waals surface area contributed by atoms with Crippen LogP contribution in [0.1, 0.15) is 59.4 Å². The first-order valence-corrected chi connectivity index (χ1v) is 11.1. The number of alkyl halides is 3. The fourth-order valence-corrected chi connectivity index (χ4v) is 4.31. The second kappa shape index (κ2) is 8.15. The van der Waals surface area contributed by atoms with E-state index in [1.165, 1.54) is 45.4 Å². The third-order valence-corrected chi connectivity index (χ3v) is 6.46. The van der Waals surface area contributed by atoms with E-state index in [4.69, 9.17) is 13.0 Å². The summed E-state index contributed by atoms with van der Waals surface area (Å²) in [4.78, 5) is 12.5. The maximum Gasteiger partial charge on any atom is 0.522 e. The van der Waals surface area contributed by atoms with Gasteiger partial charge in [0, 0.05) is 12.3 Å². The fraction of sp³-hybridized carbons (Fsp3) is 0.409. The summed E-state index contributed by atoms with van der Waals surface area (Å²) < 4.78 is 57.5. The molecule has 0 bridgehead atoms. The summed E-state index contributed by atoms with van der Waals surface area (Å²) in [6.45, 7) is 4.39. The first-order chi connectivity index (χ1) is 13.9. The molecule has 1 atom stereocenters. The van der Waals surface area contributed by atoms with E-state index in [-0.39, 0.29) is 5.92 Å². The van der Waals surface area contributed by atoms with Gasteiger partial charge in [-0.25, -0.2) is 0 Å². The Bertz CT molecular complexity index is 1090. The molecular weight excluding hydrogens is 417 g/mol. The lowest BCUT2D eigenvalue weighted by Gasteiger charge is -2.26. The normalized spacial score (nSPS) is 18.3. The number of fused-ring (bicyclic) bond motifs is 3. The van der Waals surface area contributed by atoms with Crippen molar-refractivity contribution in [3.8, 4) is 11.1 Å². The minimum absolute atomic E-state index is 0.136. The molecule has 0 aromatic heterocycles. The van der Waals surface area contributed by atoms with Crippen LogP contribution in [0.4, 0.5) is 13.2 Å². The Labute approximate surface area is 173 Å². The molecule has 4 nitrogen and oxygen atoms in total. The van der Waals surface area contributed by atoms with Gasteiger partial charge in [-0.15, -0.1) is 0 Å². The second-order valence-corrected chi connectivity index (χ2v) is 9.19. The first-order valence-electron chi connectivity index (χ1n) is 9.69. The number of hydrogen-bond acceptors (Lipinski definition) is 3. The van der Waals surface area contributed by atoms with E-state index < -0.39 is 15.6 Å². The number of ketones is 1. The summed E-state index contributed by atoms with van der Waals surface area (Å²) in [6.07, 6.45) is 5.05. The Hall–Kier alpha value is -2.19. The molecule has 0 amide bonds. The van der Waals surface area contributed by atoms with Crippen molar-refractivity contribution in [1.29, 1.82) is 0 Å². The monoisotopic (exact) mass is 440 g/mol. The zero-order valence-electron chi connectivity index (χ0n) is 16.7. The molecule has 0 radical (unpaired) electrons. The van der Waals surface area contributed by atoms with Gasteiger partial charge in [0.05, 0.1) is 0 Å². The van der Waals surface area contributed by atoms with E-state index in [1.54, 1.807) is 0 Å². The summed E-state index contributed by atoms with van der Waals surface area (Å²) in [5.41, 5.74) is 4.05. The highest BCUT2D eigenvalue weighted by Gasteiger charge is 2.44. The third-order valence-electron chi connectivity index (χ3n) is 5.88. The molecule has 8 heteroatoms. The van der Waals surface area contributed by atoms with Crippen LogP contribution in [0.15, 0.2) is 30.3 Å². The van der Waals surface area contributed by atoms with Crippen molar-refractivity contribution in [2.75, 3.05) is 0 Å². The summed E-state index contributed by atoms with van der Waals surface area (Å²) in [6, 6.07) is 11.0. The van der Waals surface area contributed by atoms with Gasteiger partial charge in [-0.05, 0) is 72.1 Å². The molecular formula is C22H23F3O4S. The van der Waals surface area contributed by atoms with Crippen molar-refractivity contribution in [3.63, 3.8) is 0 Å². The average molecular weight is 440 g/mol. The smallest absolute Gasteiger partial charge is 0.299 e. The van der Waals surface area contributed by atoms with E-state index in [0.29, 0.717) is 5.78 Å². The molecule has 0 saturated heterocycles. The zero-order valence-corrected chi connectivity index (χ0v) is 17.5. The Balaban J connectivity index is 0.000000275. The van der Waals surface area contributed by atoms with E-state index in [2.05, 4.69) is 44.2 Å². The van der Waals surface area contributed by atoms with Crippen LogP contribution in [0.3, 0.4) is 0 Å². The summed E-state index contributed by atoms with van der Waals surface area (Å²) >= 11 is 0. The first kappa shape index (κ1) is 22.5. The van der Waals surface area contributed by atoms with Gasteiger partial charge in [0.2, 0.25) is 0 Å². The predicted octanol–water partition coefficient (Wildman–Crippen LogP) is 5.50. The quantitative estimate of drug-likeness (QED) is 0.401. The molecule has 1 saturated carbocycles. The van der Waals surface area contributed by atoms with Crippen molar-refractivity contribution in [3.05, 3.63) is 58.1 Å². The van der Waals surface area contributed by atoms with E-state index >= 15 is 0 Å². The molecule has 2 aliphatic rings. The minimum atomic E-state index is -5.84. The highest BCUT2D eigenvalue weighted by Crippen LogP contribution is 2.45. The second-order valence-electron chi connectivity index (χ2n) is 7.78. The largest absolute Gasteiger partial charge is 0.522 e. The standard InChI is InChI=1S/C21H22O.CHF3O3S/c1-13-11-18-16-8-4-3-7-15(16)12-19(18)21(14(13)2)17-9-5-6-10-20(17)22;2-1(3,4)8(5,6)7/h3-4,7-8,11,17H,5-6,9-10,12H2,1-2H3;(H,5,6,7). The number of rotatable bonds is 1. The van der Waals surface area contributed by atoms with Gasteiger partial charge in [-0.2, -0.15) is 21.6 Å². The highest BCUT2D eigenvalue weighted by atomic mass is 32.2. The van der Waals surface area contributed by atoms with Gasteiger partial charge in [-0.1, -0.05) is 36.8 Å². The van der Waals surface area contributed by atoms with Gasteiger partial charge in [-0.3, -0.25) is 9.35 Å². The van der Waals surface area contributed by atoms with Crippen LogP contribution < -0.4 is 0 Å². The fourth-order valence-electron chi connectivity index (χ4n) is 4.31. The molecule has 4 rings (SSSR count). The number of Topliss-reactive ketones (excluding diaryl/α,β-unsaturated/α-hetero) is 1. The van der Waals surface area contributed by atoms with Crippen molar-refractivity contribution in [2.45, 2.75) is 57.4 Å². The number of benzene rings is 2. The molecule has 2 aromatic carbocycles. The molecule has 1 unspecified atom stereocenters. The SMILES string of the molecule is Cc1cc2c(c(C3CCCCC3=O)c1C)Cc1ccccc1-2.O=S(=O)(O)C(F)(F)F. The molecule has 1 N–H and O–H groups in total. The molecule has 2 aromatic rings. The Morgan fingerprint density at radius 3 is 2.30 bits per heavy atom. The zero-order chi connectivity index (χ0) is 22.3. The summed E-state index contributed by atoms with van der Waals surface area (Å²) in [7, 11) is -5.84. The van der Waals surface area contributed by atoms with Crippen molar-refractivity contribution in [1.82, 2.24) is 0 Å². The molecule has 162 valence electrons. The van der Waals surface area contributed by atoms with E-state index in [9.17, 15) is 18.0 Å². The lowest BCUT2D eigenvalue weighted by molar-refractivity contribution is -0.121. The van der Waals surface area contributed by atoms with Crippen LogP contribution in [-0.4, -0.2) is 24.3 Å². The maximum atomic E-state index is 12.5. The van der Waals surface area contributed by atoms with Crippen molar-refractivity contribution >= 4 is 15.9 Å². The Morgan fingerprint density at radius 1 is 1.07 bits per heavy atom. The van der Waals surface area contributed by atoms with Gasteiger partial charge >= 0.3 is 15.6 Å². The summed E-state index contributed by atoms with van der Waals surface area (Å²) in [5.74, 6) is 0.592. The highest BCUT2D eigenvalue weighted by molar-refractivity contribution is 7.86. The number of halogens is 3. The third kappa shape index (κ3) is 4.30. The van der Waals surface area contributed by atoms with Crippen molar-refractivity contribution < 1.29 is 30.9 Å². The number of carbonyl (C=O) groups is 1. The maximum absolute atomic E-state index is 12.5. The van der Waals surface area contributed by atoms with Gasteiger partial charge < -0.3 is 0 Å². The molecule has 0 heterocycles. The van der Waals surface area contributed by atoms with Crippen LogP contribution in [0.5, 0.6) is 0 Å². The van der Waals surface area contributed by atoms with Crippen LogP contribution in [-0.2, 0) is 21.3 Å². The minimum Gasteiger partial charge on any atom is -0.299 e. The number of aryl methyl sites for hydroxylation is 1. The molecule has 0 aliphatic heterocycles. The summed E-state index contributed by atoms with van der Waals surface area (Å²) in [5, 5.41) is 0. The van der Waals surface area contributed by atoms with Gasteiger partial charge in [0.15, 0.2) is 0 Å². The topological polar surface area (TPSA) is 71.4 Å². The number of carbonyl (C=O) groups excluding carboxylic acids is 1. The molecule has 2 aliphatic carbocycles. The van der Waals surface area contributed by atoms with Crippen LogP contribution in [0, 0.1) is 13.8 Å². The van der Waals surface area contributed by atoms with Crippen LogP contribution in [0.2, 0.25) is 0 Å². The molecule has 1 fully saturated rings. The lowest BCUT2D eigenvalue weighted by Crippen LogP contribution is -2.21. The van der Waals surface area contributed by atoms with Crippen LogP contribution >= 0.6 is 0 Å². The van der Waals surface area contributed by atoms with Crippen LogP contribution in [0.25, 0.3) is 11.1 Å². The van der Waals surface area contributed by atoms with Crippen molar-refractivity contribution in [2.24, 2.45) is 0 Å². The van der Waals surface area contributed by atoms with E-state index in [1.807, 2.05) is 0 Å².